The van der Waals surface area contributed by atoms with Crippen molar-refractivity contribution in [3.8, 4) is 0 Å². The maximum Gasteiger partial charge on any atom is 0.339 e. The molecule has 0 fully saturated rings. The number of hydrogen-bond donors (Lipinski definition) is 1. The number of carbonyl (C=O) groups is 1. The van der Waals surface area contributed by atoms with E-state index in [9.17, 15) is 4.79 Å². The van der Waals surface area contributed by atoms with Crippen LogP contribution in [0.25, 0.3) is 11.0 Å². The highest BCUT2D eigenvalue weighted by molar-refractivity contribution is 9.10. The maximum atomic E-state index is 10.9. The van der Waals surface area contributed by atoms with Crippen LogP contribution in [0.2, 0.25) is 0 Å². The van der Waals surface area contributed by atoms with E-state index in [1.807, 2.05) is 6.07 Å². The first kappa shape index (κ1) is 9.27. The Kier molecular flexibility index (Phi) is 2.07. The summed E-state index contributed by atoms with van der Waals surface area (Å²) in [7, 11) is 0. The smallest absolute Gasteiger partial charge is 0.339 e. The molecule has 0 atom stereocenters. The van der Waals surface area contributed by atoms with Crippen molar-refractivity contribution >= 4 is 32.9 Å². The number of hydrogen-bond acceptors (Lipinski definition) is 2. The molecule has 14 heavy (non-hydrogen) atoms. The molecule has 4 heteroatoms. The van der Waals surface area contributed by atoms with Gasteiger partial charge in [0.05, 0.1) is 0 Å². The van der Waals surface area contributed by atoms with Crippen molar-refractivity contribution in [2.45, 2.75) is 6.92 Å². The van der Waals surface area contributed by atoms with Gasteiger partial charge < -0.3 is 9.52 Å². The summed E-state index contributed by atoms with van der Waals surface area (Å²) in [5.41, 5.74) is 0.612. The van der Waals surface area contributed by atoms with E-state index in [0.717, 1.165) is 9.86 Å². The second-order valence-electron chi connectivity index (χ2n) is 3.00. The minimum Gasteiger partial charge on any atom is -0.478 e. The predicted molar refractivity (Wildman–Crippen MR) is 55.6 cm³/mol. The van der Waals surface area contributed by atoms with Gasteiger partial charge in [0.15, 0.2) is 0 Å². The summed E-state index contributed by atoms with van der Waals surface area (Å²) in [6.45, 7) is 1.79. The normalized spacial score (nSPS) is 10.7. The van der Waals surface area contributed by atoms with Crippen molar-refractivity contribution in [1.82, 2.24) is 0 Å². The van der Waals surface area contributed by atoms with Gasteiger partial charge in [0, 0.05) is 9.86 Å². The van der Waals surface area contributed by atoms with E-state index < -0.39 is 5.97 Å². The van der Waals surface area contributed by atoms with Crippen molar-refractivity contribution in [2.24, 2.45) is 0 Å². The molecule has 2 rings (SSSR count). The first-order valence-electron chi connectivity index (χ1n) is 4.01. The van der Waals surface area contributed by atoms with Gasteiger partial charge in [0.2, 0.25) is 0 Å². The predicted octanol–water partition coefficient (Wildman–Crippen LogP) is 3.20. The highest BCUT2D eigenvalue weighted by Gasteiger charge is 2.14. The SMILES string of the molecule is Cc1cc2c(Br)ccc(C(=O)O)c2o1. The fraction of sp³-hybridized carbons (Fsp3) is 0.100. The molecule has 1 N–H and O–H groups in total. The van der Waals surface area contributed by atoms with Gasteiger partial charge in [-0.15, -0.1) is 0 Å². The molecule has 0 saturated heterocycles. The first-order valence-corrected chi connectivity index (χ1v) is 4.81. The van der Waals surface area contributed by atoms with Crippen LogP contribution in [0, 0.1) is 6.92 Å². The number of fused-ring (bicyclic) bond motifs is 1. The molecule has 0 unspecified atom stereocenters. The molecule has 1 aromatic heterocycles. The summed E-state index contributed by atoms with van der Waals surface area (Å²) in [5.74, 6) is -0.272. The highest BCUT2D eigenvalue weighted by atomic mass is 79.9. The largest absolute Gasteiger partial charge is 0.478 e. The van der Waals surface area contributed by atoms with Crippen LogP contribution in [-0.4, -0.2) is 11.1 Å². The standard InChI is InChI=1S/C10H7BrO3/c1-5-4-7-8(11)3-2-6(10(12)13)9(7)14-5/h2-4H,1H3,(H,12,13). The van der Waals surface area contributed by atoms with Gasteiger partial charge in [-0.05, 0) is 25.1 Å². The van der Waals surface area contributed by atoms with Crippen LogP contribution in [0.1, 0.15) is 16.1 Å². The van der Waals surface area contributed by atoms with E-state index in [1.165, 1.54) is 6.07 Å². The zero-order valence-electron chi connectivity index (χ0n) is 7.37. The highest BCUT2D eigenvalue weighted by Crippen LogP contribution is 2.29. The summed E-state index contributed by atoms with van der Waals surface area (Å²) < 4.78 is 6.17. The van der Waals surface area contributed by atoms with E-state index >= 15 is 0 Å². The lowest BCUT2D eigenvalue weighted by Gasteiger charge is -1.97. The molecule has 0 aliphatic heterocycles. The summed E-state index contributed by atoms with van der Waals surface area (Å²) >= 11 is 3.34. The first-order chi connectivity index (χ1) is 6.59. The number of halogens is 1. The Balaban J connectivity index is 2.87. The summed E-state index contributed by atoms with van der Waals surface area (Å²) in [6, 6.07) is 5.05. The Labute approximate surface area is 88.5 Å². The second-order valence-corrected chi connectivity index (χ2v) is 3.85. The van der Waals surface area contributed by atoms with Crippen LogP contribution >= 0.6 is 15.9 Å². The van der Waals surface area contributed by atoms with E-state index in [1.54, 1.807) is 13.0 Å². The van der Waals surface area contributed by atoms with Crippen molar-refractivity contribution in [3.05, 3.63) is 34.0 Å². The van der Waals surface area contributed by atoms with Gasteiger partial charge in [0.25, 0.3) is 0 Å². The molecule has 1 aromatic carbocycles. The van der Waals surface area contributed by atoms with Crippen LogP contribution in [0.15, 0.2) is 27.1 Å². The lowest BCUT2D eigenvalue weighted by molar-refractivity contribution is 0.0698. The van der Waals surface area contributed by atoms with Gasteiger partial charge in [-0.2, -0.15) is 0 Å². The zero-order chi connectivity index (χ0) is 10.3. The van der Waals surface area contributed by atoms with Gasteiger partial charge in [-0.1, -0.05) is 15.9 Å². The number of carboxylic acid groups (broad SMARTS) is 1. The topological polar surface area (TPSA) is 50.4 Å². The summed E-state index contributed by atoms with van der Waals surface area (Å²) in [4.78, 5) is 10.9. The monoisotopic (exact) mass is 254 g/mol. The van der Waals surface area contributed by atoms with Gasteiger partial charge in [-0.25, -0.2) is 4.79 Å². The average Bonchev–Trinajstić information content (AvgIpc) is 2.47. The third kappa shape index (κ3) is 1.32. The fourth-order valence-corrected chi connectivity index (χ4v) is 1.81. The van der Waals surface area contributed by atoms with E-state index in [2.05, 4.69) is 15.9 Å². The van der Waals surface area contributed by atoms with Crippen LogP contribution in [0.3, 0.4) is 0 Å². The molecule has 0 spiro atoms. The Morgan fingerprint density at radius 3 is 2.86 bits per heavy atom. The Hall–Kier alpha value is -1.29. The number of benzene rings is 1. The minimum absolute atomic E-state index is 0.191. The molecule has 3 nitrogen and oxygen atoms in total. The molecule has 0 aliphatic rings. The molecule has 0 bridgehead atoms. The fourth-order valence-electron chi connectivity index (χ4n) is 1.38. The lowest BCUT2D eigenvalue weighted by atomic mass is 10.1. The molecule has 0 aliphatic carbocycles. The lowest BCUT2D eigenvalue weighted by Crippen LogP contribution is -1.95. The van der Waals surface area contributed by atoms with Crippen molar-refractivity contribution in [1.29, 1.82) is 0 Å². The van der Waals surface area contributed by atoms with E-state index in [4.69, 9.17) is 9.52 Å². The Bertz CT molecular complexity index is 513. The molecule has 0 saturated carbocycles. The molecule has 0 radical (unpaired) electrons. The second kappa shape index (κ2) is 3.13. The number of furan rings is 1. The molecular weight excluding hydrogens is 248 g/mol. The summed E-state index contributed by atoms with van der Waals surface area (Å²) in [6.07, 6.45) is 0. The zero-order valence-corrected chi connectivity index (χ0v) is 8.96. The number of aromatic carboxylic acids is 1. The van der Waals surface area contributed by atoms with Gasteiger partial charge in [-0.3, -0.25) is 0 Å². The number of aryl methyl sites for hydroxylation is 1. The van der Waals surface area contributed by atoms with Crippen molar-refractivity contribution in [3.63, 3.8) is 0 Å². The van der Waals surface area contributed by atoms with E-state index in [0.29, 0.717) is 11.3 Å². The Morgan fingerprint density at radius 2 is 2.21 bits per heavy atom. The Morgan fingerprint density at radius 1 is 1.50 bits per heavy atom. The van der Waals surface area contributed by atoms with Gasteiger partial charge >= 0.3 is 5.97 Å². The quantitative estimate of drug-likeness (QED) is 0.851. The molecule has 2 aromatic rings. The molecule has 72 valence electrons. The molecular formula is C10H7BrO3. The third-order valence-corrected chi connectivity index (χ3v) is 2.68. The minimum atomic E-state index is -0.975. The van der Waals surface area contributed by atoms with E-state index in [-0.39, 0.29) is 5.56 Å². The summed E-state index contributed by atoms with van der Waals surface area (Å²) in [5, 5.41) is 9.70. The van der Waals surface area contributed by atoms with Crippen molar-refractivity contribution in [2.75, 3.05) is 0 Å². The number of rotatable bonds is 1. The molecule has 1 heterocycles. The van der Waals surface area contributed by atoms with Crippen LogP contribution in [0.4, 0.5) is 0 Å². The van der Waals surface area contributed by atoms with Crippen molar-refractivity contribution < 1.29 is 14.3 Å². The average molecular weight is 255 g/mol. The molecule has 0 amide bonds. The maximum absolute atomic E-state index is 10.9. The third-order valence-electron chi connectivity index (χ3n) is 1.98. The number of carboxylic acids is 1. The van der Waals surface area contributed by atoms with Gasteiger partial charge in [0.1, 0.15) is 16.9 Å². The van der Waals surface area contributed by atoms with Crippen LogP contribution in [0.5, 0.6) is 0 Å². The van der Waals surface area contributed by atoms with Crippen LogP contribution in [-0.2, 0) is 0 Å². The van der Waals surface area contributed by atoms with Crippen LogP contribution < -0.4 is 0 Å².